The summed E-state index contributed by atoms with van der Waals surface area (Å²) in [5.74, 6) is 1.93. The average molecular weight is 433 g/mol. The van der Waals surface area contributed by atoms with E-state index in [0.29, 0.717) is 10.7 Å². The molecule has 5 rings (SSSR count). The second kappa shape index (κ2) is 8.00. The highest BCUT2D eigenvalue weighted by atomic mass is 32.2. The third kappa shape index (κ3) is 3.96. The van der Waals surface area contributed by atoms with E-state index >= 15 is 0 Å². The Morgan fingerprint density at radius 3 is 2.58 bits per heavy atom. The van der Waals surface area contributed by atoms with Gasteiger partial charge in [-0.15, -0.1) is 0 Å². The van der Waals surface area contributed by atoms with Crippen molar-refractivity contribution in [2.45, 2.75) is 25.9 Å². The molecule has 0 fully saturated rings. The molecule has 2 aliphatic rings. The molecule has 0 saturated carbocycles. The lowest BCUT2D eigenvalue weighted by atomic mass is 10.1. The number of carbonyl (C=O) groups excluding carboxylic acids is 1. The monoisotopic (exact) mass is 432 g/mol. The van der Waals surface area contributed by atoms with E-state index in [1.807, 2.05) is 55.5 Å². The molecule has 7 heteroatoms. The Labute approximate surface area is 182 Å². The maximum atomic E-state index is 11.9. The molecule has 1 aromatic heterocycles. The van der Waals surface area contributed by atoms with Crippen molar-refractivity contribution in [3.05, 3.63) is 89.3 Å². The first-order valence-electron chi connectivity index (χ1n) is 10.0. The highest BCUT2D eigenvalue weighted by Crippen LogP contribution is 2.41. The fourth-order valence-electron chi connectivity index (χ4n) is 3.84. The Bertz CT molecular complexity index is 1200. The highest BCUT2D eigenvalue weighted by Gasteiger charge is 2.27. The molecule has 3 aromatic rings. The van der Waals surface area contributed by atoms with Crippen molar-refractivity contribution in [2.24, 2.45) is 0 Å². The molecule has 6 nitrogen and oxygen atoms in total. The van der Waals surface area contributed by atoms with Crippen LogP contribution < -0.4 is 14.2 Å². The van der Waals surface area contributed by atoms with E-state index in [-0.39, 0.29) is 12.0 Å². The molecular formula is C24H20N2O4S. The minimum atomic E-state index is -1.50. The molecule has 2 heterocycles. The van der Waals surface area contributed by atoms with Gasteiger partial charge in [0.05, 0.1) is 11.1 Å². The fraction of sp³-hybridized carbons (Fsp3) is 0.167. The van der Waals surface area contributed by atoms with Crippen LogP contribution in [0.5, 0.6) is 17.2 Å². The van der Waals surface area contributed by atoms with Crippen molar-refractivity contribution in [1.29, 1.82) is 0 Å². The van der Waals surface area contributed by atoms with E-state index in [0.717, 1.165) is 46.7 Å². The number of amides is 1. The lowest BCUT2D eigenvalue weighted by Crippen LogP contribution is -2.16. The van der Waals surface area contributed by atoms with Gasteiger partial charge in [-0.1, -0.05) is 24.3 Å². The number of carbonyl (C=O) groups is 1. The number of fused-ring (bicyclic) bond motifs is 1. The number of aromatic nitrogens is 1. The number of aryl methyl sites for hydroxylation is 1. The van der Waals surface area contributed by atoms with E-state index in [1.54, 1.807) is 6.20 Å². The van der Waals surface area contributed by atoms with Gasteiger partial charge in [-0.2, -0.15) is 0 Å². The van der Waals surface area contributed by atoms with Crippen LogP contribution >= 0.6 is 0 Å². The topological polar surface area (TPSA) is 77.5 Å². The van der Waals surface area contributed by atoms with Gasteiger partial charge in [-0.3, -0.25) is 14.5 Å². The second-order valence-electron chi connectivity index (χ2n) is 7.47. The van der Waals surface area contributed by atoms with Crippen LogP contribution in [0.4, 0.5) is 0 Å². The summed E-state index contributed by atoms with van der Waals surface area (Å²) in [5.41, 5.74) is 3.96. The summed E-state index contributed by atoms with van der Waals surface area (Å²) in [6.45, 7) is 1.94. The van der Waals surface area contributed by atoms with Gasteiger partial charge in [-0.25, -0.2) is 4.21 Å². The molecule has 2 unspecified atom stereocenters. The van der Waals surface area contributed by atoms with Crippen LogP contribution in [0, 0.1) is 6.92 Å². The van der Waals surface area contributed by atoms with Crippen LogP contribution in [0.25, 0.3) is 4.91 Å². The minimum absolute atomic E-state index is 0.0661. The number of benzene rings is 2. The van der Waals surface area contributed by atoms with Crippen molar-refractivity contribution in [2.75, 3.05) is 0 Å². The zero-order chi connectivity index (χ0) is 21.4. The lowest BCUT2D eigenvalue weighted by molar-refractivity contribution is -0.114. The van der Waals surface area contributed by atoms with E-state index < -0.39 is 11.0 Å². The van der Waals surface area contributed by atoms with E-state index in [2.05, 4.69) is 15.8 Å². The molecular weight excluding hydrogens is 412 g/mol. The smallest absolute Gasteiger partial charge is 0.257 e. The zero-order valence-corrected chi connectivity index (χ0v) is 17.6. The molecule has 1 N–H and O–H groups in total. The molecule has 0 spiro atoms. The first-order chi connectivity index (χ1) is 15.1. The van der Waals surface area contributed by atoms with E-state index in [9.17, 15) is 9.00 Å². The number of nitrogens with one attached hydrogen (secondary N) is 1. The van der Waals surface area contributed by atoms with Crippen LogP contribution in [-0.4, -0.2) is 15.1 Å². The third-order valence-electron chi connectivity index (χ3n) is 5.36. The Kier molecular flexibility index (Phi) is 5.03. The van der Waals surface area contributed by atoms with Crippen LogP contribution in [0.2, 0.25) is 0 Å². The maximum Gasteiger partial charge on any atom is 0.257 e. The molecule has 31 heavy (non-hydrogen) atoms. The van der Waals surface area contributed by atoms with Crippen molar-refractivity contribution >= 4 is 21.8 Å². The minimum Gasteiger partial charge on any atom is -0.486 e. The zero-order valence-electron chi connectivity index (χ0n) is 16.8. The molecule has 0 radical (unpaired) electrons. The molecule has 1 aliphatic carbocycles. The first kappa shape index (κ1) is 19.5. The van der Waals surface area contributed by atoms with Crippen molar-refractivity contribution in [1.82, 2.24) is 9.71 Å². The molecule has 1 aliphatic heterocycles. The van der Waals surface area contributed by atoms with Gasteiger partial charge in [-0.05, 0) is 61.2 Å². The third-order valence-corrected chi connectivity index (χ3v) is 6.50. The summed E-state index contributed by atoms with van der Waals surface area (Å²) in [5, 5.41) is 0. The lowest BCUT2D eigenvalue weighted by Gasteiger charge is -2.16. The summed E-state index contributed by atoms with van der Waals surface area (Å²) < 4.78 is 26.6. The van der Waals surface area contributed by atoms with Crippen LogP contribution in [0.3, 0.4) is 0 Å². The molecule has 0 bridgehead atoms. The Morgan fingerprint density at radius 1 is 1.06 bits per heavy atom. The fourth-order valence-corrected chi connectivity index (χ4v) is 4.76. The normalized spacial score (nSPS) is 19.5. The quantitative estimate of drug-likeness (QED) is 0.647. The second-order valence-corrected chi connectivity index (χ2v) is 8.66. The first-order valence-corrected chi connectivity index (χ1v) is 11.2. The van der Waals surface area contributed by atoms with Crippen molar-refractivity contribution < 1.29 is 18.5 Å². The number of nitrogens with zero attached hydrogens (tertiary/aromatic N) is 1. The number of ether oxygens (including phenoxy) is 2. The summed E-state index contributed by atoms with van der Waals surface area (Å²) in [6.07, 6.45) is 4.76. The van der Waals surface area contributed by atoms with Crippen molar-refractivity contribution in [3.63, 3.8) is 0 Å². The number of hydrogen-bond acceptors (Lipinski definition) is 5. The van der Waals surface area contributed by atoms with Crippen LogP contribution in [0.15, 0.2) is 66.9 Å². The average Bonchev–Trinajstić information content (AvgIpc) is 3.33. The largest absolute Gasteiger partial charge is 0.486 e. The molecule has 156 valence electrons. The number of pyridine rings is 1. The van der Waals surface area contributed by atoms with Crippen molar-refractivity contribution in [3.8, 4) is 17.2 Å². The van der Waals surface area contributed by atoms with Gasteiger partial charge in [0.2, 0.25) is 0 Å². The molecule has 2 atom stereocenters. The molecule has 0 saturated heterocycles. The predicted molar refractivity (Wildman–Crippen MR) is 118 cm³/mol. The van der Waals surface area contributed by atoms with Gasteiger partial charge < -0.3 is 9.47 Å². The highest BCUT2D eigenvalue weighted by molar-refractivity contribution is 7.93. The summed E-state index contributed by atoms with van der Waals surface area (Å²) in [4.78, 5) is 16.2. The Balaban J connectivity index is 1.33. The summed E-state index contributed by atoms with van der Waals surface area (Å²) in [7, 11) is -1.50. The van der Waals surface area contributed by atoms with Gasteiger partial charge in [0.15, 0.2) is 11.0 Å². The predicted octanol–water partition coefficient (Wildman–Crippen LogP) is 4.38. The summed E-state index contributed by atoms with van der Waals surface area (Å²) in [6, 6.07) is 17.2. The van der Waals surface area contributed by atoms with Gasteiger partial charge in [0.25, 0.3) is 5.91 Å². The van der Waals surface area contributed by atoms with Gasteiger partial charge >= 0.3 is 0 Å². The molecule has 2 aromatic carbocycles. The standard InChI is InChI=1S/C24H20N2O4S/c1-15-5-8-18(14-25-15)30-21-4-2-3-19-20(21)11-12-22(19)29-17-9-6-16(7-10-17)23-13-24(27)26-31(23)28/h2-10,13-14,22H,11-12H2,1H3,(H,26,27). The Hall–Kier alpha value is -3.45. The SMILES string of the molecule is Cc1ccc(Oc2cccc3c2CCC3Oc2ccc(C3=CC(=O)NS3=O)cc2)cn1. The molecule has 1 amide bonds. The van der Waals surface area contributed by atoms with Gasteiger partial charge in [0.1, 0.15) is 23.4 Å². The van der Waals surface area contributed by atoms with E-state index in [4.69, 9.17) is 9.47 Å². The maximum absolute atomic E-state index is 11.9. The van der Waals surface area contributed by atoms with Gasteiger partial charge in [0, 0.05) is 17.3 Å². The summed E-state index contributed by atoms with van der Waals surface area (Å²) >= 11 is 0. The van der Waals surface area contributed by atoms with Crippen LogP contribution in [-0.2, 0) is 22.2 Å². The number of rotatable bonds is 5. The Morgan fingerprint density at radius 2 is 1.87 bits per heavy atom. The van der Waals surface area contributed by atoms with E-state index in [1.165, 1.54) is 6.08 Å². The number of hydrogen-bond donors (Lipinski definition) is 1. The van der Waals surface area contributed by atoms with Crippen LogP contribution in [0.1, 0.15) is 34.9 Å².